The molecule has 0 fully saturated rings. The first-order valence-corrected chi connectivity index (χ1v) is 7.38. The Balaban J connectivity index is 2.01. The maximum Gasteiger partial charge on any atom is 0.347 e. The molecule has 0 unspecified atom stereocenters. The van der Waals surface area contributed by atoms with Crippen LogP contribution in [0.5, 0.6) is 11.5 Å². The van der Waals surface area contributed by atoms with E-state index in [9.17, 15) is 4.79 Å². The number of esters is 1. The van der Waals surface area contributed by atoms with Crippen molar-refractivity contribution in [3.63, 3.8) is 0 Å². The fourth-order valence-corrected chi connectivity index (χ4v) is 2.47. The number of aromatic nitrogens is 1. The Bertz CT molecular complexity index is 893. The van der Waals surface area contributed by atoms with E-state index in [1.807, 2.05) is 31.2 Å². The van der Waals surface area contributed by atoms with E-state index < -0.39 is 5.97 Å². The lowest BCUT2D eigenvalue weighted by Crippen LogP contribution is -2.10. The summed E-state index contributed by atoms with van der Waals surface area (Å²) in [6, 6.07) is 14.1. The van der Waals surface area contributed by atoms with Crippen molar-refractivity contribution in [2.75, 3.05) is 7.11 Å². The van der Waals surface area contributed by atoms with Gasteiger partial charge in [0.25, 0.3) is 0 Å². The Labute approximate surface area is 138 Å². The topological polar surface area (TPSA) is 48.4 Å². The number of hydrogen-bond acceptors (Lipinski definition) is 4. The number of fused-ring (bicyclic) bond motifs is 1. The van der Waals surface area contributed by atoms with Crippen molar-refractivity contribution >= 4 is 28.5 Å². The molecule has 0 radical (unpaired) electrons. The van der Waals surface area contributed by atoms with Gasteiger partial charge in [0, 0.05) is 16.1 Å². The quantitative estimate of drug-likeness (QED) is 0.527. The molecule has 3 rings (SSSR count). The summed E-state index contributed by atoms with van der Waals surface area (Å²) in [6.45, 7) is 1.89. The summed E-state index contributed by atoms with van der Waals surface area (Å²) in [5, 5.41) is 1.34. The number of carbonyl (C=O) groups is 1. The third-order valence-corrected chi connectivity index (χ3v) is 3.64. The monoisotopic (exact) mass is 327 g/mol. The number of halogens is 1. The molecule has 0 saturated heterocycles. The molecule has 23 heavy (non-hydrogen) atoms. The number of benzene rings is 2. The van der Waals surface area contributed by atoms with Crippen LogP contribution in [0.25, 0.3) is 10.9 Å². The van der Waals surface area contributed by atoms with E-state index in [1.165, 1.54) is 13.2 Å². The molecule has 1 aromatic heterocycles. The molecule has 116 valence electrons. The third-order valence-electron chi connectivity index (χ3n) is 3.41. The van der Waals surface area contributed by atoms with Gasteiger partial charge in [0.2, 0.25) is 0 Å². The SMILES string of the molecule is COc1ccc(Cl)cc1C(=O)Oc1cccc2ccc(C)nc12. The van der Waals surface area contributed by atoms with Crippen LogP contribution < -0.4 is 9.47 Å². The van der Waals surface area contributed by atoms with Crippen LogP contribution in [0.4, 0.5) is 0 Å². The minimum atomic E-state index is -0.542. The predicted molar refractivity (Wildman–Crippen MR) is 89.4 cm³/mol. The lowest BCUT2D eigenvalue weighted by atomic mass is 10.2. The molecule has 4 nitrogen and oxygen atoms in total. The number of methoxy groups -OCH3 is 1. The molecule has 3 aromatic rings. The smallest absolute Gasteiger partial charge is 0.347 e. The summed E-state index contributed by atoms with van der Waals surface area (Å²) in [7, 11) is 1.49. The Hall–Kier alpha value is -2.59. The molecule has 0 aliphatic heterocycles. The Morgan fingerprint density at radius 2 is 1.91 bits per heavy atom. The fourth-order valence-electron chi connectivity index (χ4n) is 2.29. The first kappa shape index (κ1) is 15.3. The van der Waals surface area contributed by atoms with E-state index in [0.717, 1.165) is 11.1 Å². The first-order chi connectivity index (χ1) is 11.1. The van der Waals surface area contributed by atoms with E-state index >= 15 is 0 Å². The molecule has 1 heterocycles. The highest BCUT2D eigenvalue weighted by atomic mass is 35.5. The van der Waals surface area contributed by atoms with Crippen molar-refractivity contribution in [2.45, 2.75) is 6.92 Å². The zero-order valence-electron chi connectivity index (χ0n) is 12.7. The summed E-state index contributed by atoms with van der Waals surface area (Å²) in [6.07, 6.45) is 0. The Morgan fingerprint density at radius 3 is 2.70 bits per heavy atom. The molecule has 2 aromatic carbocycles. The highest BCUT2D eigenvalue weighted by Crippen LogP contribution is 2.28. The molecule has 0 aliphatic carbocycles. The van der Waals surface area contributed by atoms with Gasteiger partial charge >= 0.3 is 5.97 Å². The number of aryl methyl sites for hydroxylation is 1. The average Bonchev–Trinajstić information content (AvgIpc) is 2.55. The van der Waals surface area contributed by atoms with Crippen LogP contribution in [0.2, 0.25) is 5.02 Å². The molecule has 0 N–H and O–H groups in total. The number of para-hydroxylation sites is 1. The van der Waals surface area contributed by atoms with E-state index in [-0.39, 0.29) is 5.56 Å². The first-order valence-electron chi connectivity index (χ1n) is 7.00. The minimum Gasteiger partial charge on any atom is -0.496 e. The molecule has 0 aliphatic rings. The van der Waals surface area contributed by atoms with Crippen LogP contribution in [-0.2, 0) is 0 Å². The average molecular weight is 328 g/mol. The highest BCUT2D eigenvalue weighted by molar-refractivity contribution is 6.31. The van der Waals surface area contributed by atoms with Gasteiger partial charge in [-0.25, -0.2) is 9.78 Å². The molecule has 0 saturated carbocycles. The van der Waals surface area contributed by atoms with Crippen molar-refractivity contribution in [3.05, 3.63) is 64.8 Å². The van der Waals surface area contributed by atoms with Gasteiger partial charge in [-0.3, -0.25) is 0 Å². The largest absolute Gasteiger partial charge is 0.496 e. The lowest BCUT2D eigenvalue weighted by molar-refractivity contribution is 0.0733. The van der Waals surface area contributed by atoms with Gasteiger partial charge in [0.1, 0.15) is 16.8 Å². The van der Waals surface area contributed by atoms with E-state index in [1.54, 1.807) is 18.2 Å². The summed E-state index contributed by atoms with van der Waals surface area (Å²) in [4.78, 5) is 16.9. The number of carbonyl (C=O) groups excluding carboxylic acids is 1. The second-order valence-electron chi connectivity index (χ2n) is 5.01. The molecule has 0 amide bonds. The van der Waals surface area contributed by atoms with Crippen LogP contribution in [0.15, 0.2) is 48.5 Å². The van der Waals surface area contributed by atoms with Crippen molar-refractivity contribution in [1.82, 2.24) is 4.98 Å². The predicted octanol–water partition coefficient (Wildman–Crippen LogP) is 4.42. The molecule has 0 bridgehead atoms. The Morgan fingerprint density at radius 1 is 1.09 bits per heavy atom. The Kier molecular flexibility index (Phi) is 4.17. The van der Waals surface area contributed by atoms with Crippen LogP contribution in [-0.4, -0.2) is 18.1 Å². The second-order valence-corrected chi connectivity index (χ2v) is 5.45. The normalized spacial score (nSPS) is 10.6. The van der Waals surface area contributed by atoms with Crippen LogP contribution in [0.1, 0.15) is 16.1 Å². The molecular weight excluding hydrogens is 314 g/mol. The maximum atomic E-state index is 12.5. The maximum absolute atomic E-state index is 12.5. The van der Waals surface area contributed by atoms with E-state index in [4.69, 9.17) is 21.1 Å². The summed E-state index contributed by atoms with van der Waals surface area (Å²) >= 11 is 5.96. The highest BCUT2D eigenvalue weighted by Gasteiger charge is 2.17. The van der Waals surface area contributed by atoms with E-state index in [0.29, 0.717) is 22.0 Å². The summed E-state index contributed by atoms with van der Waals surface area (Å²) < 4.78 is 10.7. The number of nitrogens with zero attached hydrogens (tertiary/aromatic N) is 1. The zero-order valence-corrected chi connectivity index (χ0v) is 13.4. The molecule has 0 spiro atoms. The van der Waals surface area contributed by atoms with Crippen molar-refractivity contribution in [3.8, 4) is 11.5 Å². The molecule has 0 atom stereocenters. The van der Waals surface area contributed by atoms with Gasteiger partial charge in [0.05, 0.1) is 7.11 Å². The number of pyridine rings is 1. The number of rotatable bonds is 3. The minimum absolute atomic E-state index is 0.268. The second kappa shape index (κ2) is 6.26. The van der Waals surface area contributed by atoms with Gasteiger partial charge in [-0.1, -0.05) is 29.8 Å². The summed E-state index contributed by atoms with van der Waals surface area (Å²) in [5.41, 5.74) is 1.76. The lowest BCUT2D eigenvalue weighted by Gasteiger charge is -2.10. The van der Waals surface area contributed by atoms with Gasteiger partial charge in [0.15, 0.2) is 5.75 Å². The van der Waals surface area contributed by atoms with Gasteiger partial charge in [-0.05, 0) is 37.3 Å². The van der Waals surface area contributed by atoms with Crippen molar-refractivity contribution in [1.29, 1.82) is 0 Å². The van der Waals surface area contributed by atoms with Crippen molar-refractivity contribution in [2.24, 2.45) is 0 Å². The zero-order chi connectivity index (χ0) is 16.4. The summed E-state index contributed by atoms with van der Waals surface area (Å²) in [5.74, 6) is 0.266. The van der Waals surface area contributed by atoms with Crippen LogP contribution >= 0.6 is 11.6 Å². The third kappa shape index (κ3) is 3.12. The standard InChI is InChI=1S/C18H14ClNO3/c1-11-6-7-12-4-3-5-16(17(12)20-11)23-18(21)14-10-13(19)8-9-15(14)22-2/h3-10H,1-2H3. The fraction of sp³-hybridized carbons (Fsp3) is 0.111. The van der Waals surface area contributed by atoms with Crippen LogP contribution in [0.3, 0.4) is 0 Å². The van der Waals surface area contributed by atoms with Gasteiger partial charge in [-0.15, -0.1) is 0 Å². The number of ether oxygens (including phenoxy) is 2. The molecule has 5 heteroatoms. The van der Waals surface area contributed by atoms with Crippen LogP contribution in [0, 0.1) is 6.92 Å². The van der Waals surface area contributed by atoms with Gasteiger partial charge in [-0.2, -0.15) is 0 Å². The van der Waals surface area contributed by atoms with Gasteiger partial charge < -0.3 is 9.47 Å². The van der Waals surface area contributed by atoms with Crippen molar-refractivity contribution < 1.29 is 14.3 Å². The van der Waals surface area contributed by atoms with E-state index in [2.05, 4.69) is 4.98 Å². The molecular formula is C18H14ClNO3. The number of hydrogen-bond donors (Lipinski definition) is 0.